The zero-order valence-corrected chi connectivity index (χ0v) is 14.2. The molecule has 1 amide bonds. The predicted octanol–water partition coefficient (Wildman–Crippen LogP) is 2.79. The summed E-state index contributed by atoms with van der Waals surface area (Å²) in [6.45, 7) is 1.68. The highest BCUT2D eigenvalue weighted by Crippen LogP contribution is 2.22. The van der Waals surface area contributed by atoms with Gasteiger partial charge in [-0.15, -0.1) is 0 Å². The molecule has 132 valence electrons. The summed E-state index contributed by atoms with van der Waals surface area (Å²) in [5.74, 6) is 0.582. The fourth-order valence-electron chi connectivity index (χ4n) is 2.05. The molecule has 0 aromatic heterocycles. The Morgan fingerprint density at radius 1 is 1.16 bits per heavy atom. The second-order valence-electron chi connectivity index (χ2n) is 5.22. The summed E-state index contributed by atoms with van der Waals surface area (Å²) in [7, 11) is 3.11. The predicted molar refractivity (Wildman–Crippen MR) is 94.8 cm³/mol. The quantitative estimate of drug-likeness (QED) is 0.598. The Kier molecular flexibility index (Phi) is 6.33. The van der Waals surface area contributed by atoms with Crippen molar-refractivity contribution in [3.8, 4) is 11.5 Å². The van der Waals surface area contributed by atoms with Gasteiger partial charge in [-0.25, -0.2) is 9.82 Å². The van der Waals surface area contributed by atoms with Crippen LogP contribution in [0, 0.1) is 5.82 Å². The number of methoxy groups -OCH3 is 2. The summed E-state index contributed by atoms with van der Waals surface area (Å²) in [6.07, 6.45) is 1.49. The second kappa shape index (κ2) is 8.68. The van der Waals surface area contributed by atoms with Crippen molar-refractivity contribution in [1.82, 2.24) is 5.43 Å². The maximum absolute atomic E-state index is 12.9. The van der Waals surface area contributed by atoms with Crippen LogP contribution in [0.25, 0.3) is 0 Å². The molecule has 0 aliphatic carbocycles. The van der Waals surface area contributed by atoms with E-state index in [9.17, 15) is 9.18 Å². The first-order chi connectivity index (χ1) is 12.0. The van der Waals surface area contributed by atoms with Gasteiger partial charge in [-0.1, -0.05) is 0 Å². The molecule has 25 heavy (non-hydrogen) atoms. The highest BCUT2D eigenvalue weighted by molar-refractivity contribution is 5.87. The zero-order valence-electron chi connectivity index (χ0n) is 14.2. The number of ether oxygens (including phenoxy) is 2. The van der Waals surface area contributed by atoms with Gasteiger partial charge in [0.25, 0.3) is 5.91 Å². The van der Waals surface area contributed by atoms with Crippen LogP contribution in [-0.2, 0) is 4.79 Å². The van der Waals surface area contributed by atoms with Gasteiger partial charge in [0, 0.05) is 17.3 Å². The molecule has 0 fully saturated rings. The number of nitrogens with one attached hydrogen (secondary N) is 2. The van der Waals surface area contributed by atoms with Gasteiger partial charge in [-0.3, -0.25) is 4.79 Å². The van der Waals surface area contributed by atoms with E-state index in [2.05, 4.69) is 15.8 Å². The van der Waals surface area contributed by atoms with Crippen LogP contribution in [0.15, 0.2) is 47.6 Å². The minimum Gasteiger partial charge on any atom is -0.497 e. The van der Waals surface area contributed by atoms with Crippen molar-refractivity contribution in [2.45, 2.75) is 13.0 Å². The fourth-order valence-corrected chi connectivity index (χ4v) is 2.05. The van der Waals surface area contributed by atoms with Crippen LogP contribution in [0.3, 0.4) is 0 Å². The normalized spacial score (nSPS) is 11.8. The van der Waals surface area contributed by atoms with Crippen LogP contribution < -0.4 is 20.2 Å². The Hall–Kier alpha value is -3.09. The Morgan fingerprint density at radius 2 is 1.88 bits per heavy atom. The number of hydrogen-bond donors (Lipinski definition) is 2. The summed E-state index contributed by atoms with van der Waals surface area (Å²) in [5.41, 5.74) is 3.79. The molecule has 2 aromatic rings. The van der Waals surface area contributed by atoms with Crippen LogP contribution in [0.1, 0.15) is 12.5 Å². The van der Waals surface area contributed by atoms with E-state index in [-0.39, 0.29) is 11.7 Å². The molecule has 1 atom stereocenters. The van der Waals surface area contributed by atoms with Crippen molar-refractivity contribution >= 4 is 17.8 Å². The lowest BCUT2D eigenvalue weighted by Gasteiger charge is -2.13. The van der Waals surface area contributed by atoms with Gasteiger partial charge in [0.05, 0.1) is 20.4 Å². The Morgan fingerprint density at radius 3 is 2.52 bits per heavy atom. The van der Waals surface area contributed by atoms with Crippen molar-refractivity contribution in [2.24, 2.45) is 5.10 Å². The molecule has 0 saturated carbocycles. The summed E-state index contributed by atoms with van der Waals surface area (Å²) in [5, 5.41) is 6.90. The highest BCUT2D eigenvalue weighted by atomic mass is 19.1. The molecule has 2 rings (SSSR count). The van der Waals surface area contributed by atoms with Crippen molar-refractivity contribution in [3.63, 3.8) is 0 Å². The SMILES string of the molecule is COc1ccc(/C=N/NC(=O)C(C)Nc2ccc(F)cc2)c(OC)c1. The van der Waals surface area contributed by atoms with E-state index >= 15 is 0 Å². The van der Waals surface area contributed by atoms with Crippen LogP contribution in [0.5, 0.6) is 11.5 Å². The topological polar surface area (TPSA) is 72.0 Å². The van der Waals surface area contributed by atoms with Gasteiger partial charge < -0.3 is 14.8 Å². The molecule has 0 radical (unpaired) electrons. The van der Waals surface area contributed by atoms with Gasteiger partial charge in [0.1, 0.15) is 23.4 Å². The third-order valence-electron chi connectivity index (χ3n) is 3.44. The highest BCUT2D eigenvalue weighted by Gasteiger charge is 2.11. The summed E-state index contributed by atoms with van der Waals surface area (Å²) >= 11 is 0. The van der Waals surface area contributed by atoms with Crippen molar-refractivity contribution in [2.75, 3.05) is 19.5 Å². The lowest BCUT2D eigenvalue weighted by Crippen LogP contribution is -2.34. The fraction of sp³-hybridized carbons (Fsp3) is 0.222. The van der Waals surface area contributed by atoms with Gasteiger partial charge in [0.2, 0.25) is 0 Å². The lowest BCUT2D eigenvalue weighted by atomic mass is 10.2. The van der Waals surface area contributed by atoms with Crippen LogP contribution in [-0.4, -0.2) is 32.4 Å². The number of nitrogens with zero attached hydrogens (tertiary/aromatic N) is 1. The van der Waals surface area contributed by atoms with E-state index in [4.69, 9.17) is 9.47 Å². The number of rotatable bonds is 7. The number of carbonyl (C=O) groups excluding carboxylic acids is 1. The van der Waals surface area contributed by atoms with Crippen molar-refractivity contribution in [1.29, 1.82) is 0 Å². The van der Waals surface area contributed by atoms with Crippen LogP contribution in [0.4, 0.5) is 10.1 Å². The minimum atomic E-state index is -0.541. The molecule has 0 saturated heterocycles. The largest absolute Gasteiger partial charge is 0.497 e. The summed E-state index contributed by atoms with van der Waals surface area (Å²) in [6, 6.07) is 10.5. The number of carbonyl (C=O) groups is 1. The Bertz CT molecular complexity index is 748. The number of benzene rings is 2. The molecule has 2 aromatic carbocycles. The molecular weight excluding hydrogens is 325 g/mol. The molecule has 7 heteroatoms. The molecular formula is C18H20FN3O3. The van der Waals surface area contributed by atoms with Crippen LogP contribution in [0.2, 0.25) is 0 Å². The molecule has 0 spiro atoms. The molecule has 1 unspecified atom stereocenters. The third kappa shape index (κ3) is 5.20. The first-order valence-electron chi connectivity index (χ1n) is 7.60. The average molecular weight is 345 g/mol. The standard InChI is InChI=1S/C18H20FN3O3/c1-12(21-15-7-5-14(19)6-8-15)18(23)22-20-11-13-4-9-16(24-2)10-17(13)25-3/h4-12,21H,1-3H3,(H,22,23)/b20-11+. The molecule has 2 N–H and O–H groups in total. The number of hydrazone groups is 1. The second-order valence-corrected chi connectivity index (χ2v) is 5.22. The summed E-state index contributed by atoms with van der Waals surface area (Å²) in [4.78, 5) is 12.0. The average Bonchev–Trinajstić information content (AvgIpc) is 2.63. The third-order valence-corrected chi connectivity index (χ3v) is 3.44. The number of halogens is 1. The monoisotopic (exact) mass is 345 g/mol. The Balaban J connectivity index is 1.94. The molecule has 6 nitrogen and oxygen atoms in total. The van der Waals surface area contributed by atoms with E-state index in [0.717, 1.165) is 0 Å². The van der Waals surface area contributed by atoms with E-state index in [1.54, 1.807) is 51.5 Å². The summed E-state index contributed by atoms with van der Waals surface area (Å²) < 4.78 is 23.3. The maximum atomic E-state index is 12.9. The zero-order chi connectivity index (χ0) is 18.2. The lowest BCUT2D eigenvalue weighted by molar-refractivity contribution is -0.121. The first-order valence-corrected chi connectivity index (χ1v) is 7.60. The maximum Gasteiger partial charge on any atom is 0.262 e. The van der Waals surface area contributed by atoms with Gasteiger partial charge >= 0.3 is 0 Å². The first kappa shape index (κ1) is 18.3. The van der Waals surface area contributed by atoms with E-state index in [1.165, 1.54) is 18.3 Å². The number of hydrogen-bond acceptors (Lipinski definition) is 5. The van der Waals surface area contributed by atoms with Crippen molar-refractivity contribution in [3.05, 3.63) is 53.8 Å². The Labute approximate surface area is 145 Å². The molecule has 0 bridgehead atoms. The van der Waals surface area contributed by atoms with Crippen molar-refractivity contribution < 1.29 is 18.7 Å². The van der Waals surface area contributed by atoms with E-state index in [1.807, 2.05) is 0 Å². The van der Waals surface area contributed by atoms with Gasteiger partial charge in [-0.05, 0) is 43.3 Å². The van der Waals surface area contributed by atoms with E-state index < -0.39 is 6.04 Å². The van der Waals surface area contributed by atoms with Gasteiger partial charge in [0.15, 0.2) is 0 Å². The molecule has 0 heterocycles. The number of anilines is 1. The molecule has 0 aliphatic rings. The smallest absolute Gasteiger partial charge is 0.262 e. The minimum absolute atomic E-state index is 0.326. The van der Waals surface area contributed by atoms with Crippen LogP contribution >= 0.6 is 0 Å². The van der Waals surface area contributed by atoms with Gasteiger partial charge in [-0.2, -0.15) is 5.10 Å². The van der Waals surface area contributed by atoms with E-state index in [0.29, 0.717) is 22.7 Å². The number of amides is 1. The molecule has 0 aliphatic heterocycles.